The molecule has 11 rings (SSSR count). The Bertz CT molecular complexity index is 2930. The Morgan fingerprint density at radius 3 is 1.07 bits per heavy atom. The van der Waals surface area contributed by atoms with Crippen molar-refractivity contribution in [2.24, 2.45) is 0 Å². The van der Waals surface area contributed by atoms with Gasteiger partial charge in [0.05, 0.1) is 11.4 Å². The van der Waals surface area contributed by atoms with Crippen LogP contribution in [-0.4, -0.2) is 18.8 Å². The van der Waals surface area contributed by atoms with Gasteiger partial charge in [0.15, 0.2) is 0 Å². The van der Waals surface area contributed by atoms with E-state index in [0.29, 0.717) is 0 Å². The van der Waals surface area contributed by atoms with Crippen LogP contribution >= 0.6 is 0 Å². The summed E-state index contributed by atoms with van der Waals surface area (Å²) in [4.78, 5) is 9.70. The highest BCUT2D eigenvalue weighted by Crippen LogP contribution is 2.46. The van der Waals surface area contributed by atoms with Gasteiger partial charge >= 0.3 is 0 Å². The van der Waals surface area contributed by atoms with Crippen LogP contribution < -0.4 is 0 Å². The summed E-state index contributed by atoms with van der Waals surface area (Å²) in [6, 6.07) is 65.4. The maximum Gasteiger partial charge on any atom is 0.137 e. The van der Waals surface area contributed by atoms with Crippen LogP contribution in [0.2, 0.25) is 0 Å². The second-order valence-corrected chi connectivity index (χ2v) is 14.3. The van der Waals surface area contributed by atoms with E-state index in [4.69, 9.17) is 9.97 Å². The van der Waals surface area contributed by atoms with Crippen molar-refractivity contribution in [2.45, 2.75) is 0 Å². The molecule has 0 fully saturated rings. The van der Waals surface area contributed by atoms with Crippen molar-refractivity contribution in [3.63, 3.8) is 0 Å². The molecule has 262 valence electrons. The first-order valence-electron chi connectivity index (χ1n) is 19.0. The molecule has 0 spiro atoms. The Morgan fingerprint density at radius 1 is 0.286 bits per heavy atom. The monoisotopic (exact) mass is 714 g/mol. The molecule has 0 aliphatic carbocycles. The summed E-state index contributed by atoms with van der Waals surface area (Å²) in [6.07, 6.45) is 8.25. The van der Waals surface area contributed by atoms with E-state index in [0.717, 1.165) is 33.8 Å². The number of hydrogen-bond donors (Lipinski definition) is 0. The summed E-state index contributed by atoms with van der Waals surface area (Å²) < 4.78 is 4.13. The summed E-state index contributed by atoms with van der Waals surface area (Å²) in [5, 5.41) is 4.92. The van der Waals surface area contributed by atoms with Crippen LogP contribution in [0.4, 0.5) is 0 Å². The van der Waals surface area contributed by atoms with Gasteiger partial charge in [-0.2, -0.15) is 0 Å². The fourth-order valence-corrected chi connectivity index (χ4v) is 8.23. The van der Waals surface area contributed by atoms with Crippen LogP contribution in [-0.2, 0) is 0 Å². The van der Waals surface area contributed by atoms with Gasteiger partial charge in [0, 0.05) is 35.9 Å². The quantitative estimate of drug-likeness (QED) is 0.161. The summed E-state index contributed by atoms with van der Waals surface area (Å²) in [5.74, 6) is 0. The molecule has 0 N–H and O–H groups in total. The normalized spacial score (nSPS) is 11.6. The molecule has 0 aliphatic heterocycles. The minimum absolute atomic E-state index is 0.945. The van der Waals surface area contributed by atoms with E-state index in [1.54, 1.807) is 0 Å². The largest absolute Gasteiger partial charge is 0.306 e. The van der Waals surface area contributed by atoms with Crippen molar-refractivity contribution in [2.75, 3.05) is 0 Å². The lowest BCUT2D eigenvalue weighted by Crippen LogP contribution is -1.92. The highest BCUT2D eigenvalue weighted by Gasteiger charge is 2.19. The molecule has 0 atom stereocenters. The number of fused-ring (bicyclic) bond motifs is 4. The lowest BCUT2D eigenvalue weighted by Gasteiger charge is -2.19. The molecule has 0 radical (unpaired) electrons. The van der Waals surface area contributed by atoms with E-state index in [9.17, 15) is 0 Å². The smallest absolute Gasteiger partial charge is 0.137 e. The average molecular weight is 715 g/mol. The van der Waals surface area contributed by atoms with Crippen LogP contribution in [0, 0.1) is 0 Å². The zero-order valence-electron chi connectivity index (χ0n) is 30.4. The highest BCUT2D eigenvalue weighted by molar-refractivity contribution is 6.22. The van der Waals surface area contributed by atoms with Crippen molar-refractivity contribution in [3.05, 3.63) is 207 Å². The molecule has 0 unspecified atom stereocenters. The van der Waals surface area contributed by atoms with Gasteiger partial charge in [0.2, 0.25) is 0 Å². The molecule has 0 aliphatic rings. The van der Waals surface area contributed by atoms with E-state index < -0.39 is 0 Å². The van der Waals surface area contributed by atoms with E-state index in [1.165, 1.54) is 66.1 Å². The van der Waals surface area contributed by atoms with Crippen molar-refractivity contribution in [3.8, 4) is 67.0 Å². The Morgan fingerprint density at radius 2 is 0.661 bits per heavy atom. The van der Waals surface area contributed by atoms with Crippen LogP contribution in [0.3, 0.4) is 0 Å². The third-order valence-electron chi connectivity index (χ3n) is 11.0. The number of benzene rings is 7. The van der Waals surface area contributed by atoms with Gasteiger partial charge in [-0.05, 0) is 102 Å². The fourth-order valence-electron chi connectivity index (χ4n) is 8.23. The highest BCUT2D eigenvalue weighted by atomic mass is 15.0. The van der Waals surface area contributed by atoms with Crippen LogP contribution in [0.1, 0.15) is 0 Å². The molecule has 0 bridgehead atoms. The van der Waals surface area contributed by atoms with Crippen LogP contribution in [0.15, 0.2) is 207 Å². The topological polar surface area (TPSA) is 34.6 Å². The number of rotatable bonds is 6. The second-order valence-electron chi connectivity index (χ2n) is 14.3. The third-order valence-corrected chi connectivity index (χ3v) is 11.0. The molecule has 4 heteroatoms. The molecule has 4 aromatic heterocycles. The molecule has 4 heterocycles. The Kier molecular flexibility index (Phi) is 7.46. The zero-order valence-corrected chi connectivity index (χ0v) is 30.4. The van der Waals surface area contributed by atoms with E-state index >= 15 is 0 Å². The van der Waals surface area contributed by atoms with Gasteiger partial charge in [-0.25, -0.2) is 9.97 Å². The third kappa shape index (κ3) is 5.47. The first-order chi connectivity index (χ1) is 27.7. The SMILES string of the molecule is c1ccc(-c2c3ccc(-c4ccc(-c5cn6ccccc6n5)cc4)cc3c(-c3ccccc3)c3ccc(-c4ccc(-c5cn6ccccc6n5)cc4)cc23)cc1. The molecule has 0 saturated heterocycles. The van der Waals surface area contributed by atoms with Gasteiger partial charge in [0.25, 0.3) is 0 Å². The molecular formula is C52H34N4. The number of pyridine rings is 2. The minimum Gasteiger partial charge on any atom is -0.306 e. The summed E-state index contributed by atoms with van der Waals surface area (Å²) in [6.45, 7) is 0. The summed E-state index contributed by atoms with van der Waals surface area (Å²) in [7, 11) is 0. The van der Waals surface area contributed by atoms with Gasteiger partial charge in [0.1, 0.15) is 11.3 Å². The summed E-state index contributed by atoms with van der Waals surface area (Å²) in [5.41, 5.74) is 15.6. The lowest BCUT2D eigenvalue weighted by molar-refractivity contribution is 1.19. The van der Waals surface area contributed by atoms with Gasteiger partial charge in [-0.1, -0.05) is 146 Å². The maximum atomic E-state index is 4.85. The molecule has 56 heavy (non-hydrogen) atoms. The molecule has 11 aromatic rings. The predicted molar refractivity (Wildman–Crippen MR) is 232 cm³/mol. The average Bonchev–Trinajstić information content (AvgIpc) is 3.91. The molecule has 0 saturated carbocycles. The Labute approximate surface area is 324 Å². The minimum atomic E-state index is 0.945. The summed E-state index contributed by atoms with van der Waals surface area (Å²) >= 11 is 0. The zero-order chi connectivity index (χ0) is 37.0. The standard InChI is InChI=1S/C52H34N4/c1-3-11-39(12-4-1)51-43-27-25-42(36-19-23-38(24-20-36)48-34-56-30-10-8-16-50(56)54-48)32-46(43)52(40-13-5-2-6-14-40)44-28-26-41(31-45(44)51)35-17-21-37(22-18-35)47-33-55-29-9-7-15-49(55)53-47/h1-34H. The lowest BCUT2D eigenvalue weighted by atomic mass is 9.84. The first-order valence-corrected chi connectivity index (χ1v) is 19.0. The molecular weight excluding hydrogens is 681 g/mol. The maximum absolute atomic E-state index is 4.85. The van der Waals surface area contributed by atoms with E-state index in [1.807, 2.05) is 48.8 Å². The number of imidazole rings is 2. The van der Waals surface area contributed by atoms with Gasteiger partial charge in [-0.15, -0.1) is 0 Å². The number of nitrogens with zero attached hydrogens (tertiary/aromatic N) is 4. The Hall–Kier alpha value is -7.56. The number of aromatic nitrogens is 4. The van der Waals surface area contributed by atoms with Gasteiger partial charge in [-0.3, -0.25) is 0 Å². The van der Waals surface area contributed by atoms with Crippen LogP contribution in [0.5, 0.6) is 0 Å². The van der Waals surface area contributed by atoms with Crippen molar-refractivity contribution < 1.29 is 0 Å². The predicted octanol–water partition coefficient (Wildman–Crippen LogP) is 13.3. The van der Waals surface area contributed by atoms with Crippen molar-refractivity contribution in [1.29, 1.82) is 0 Å². The molecule has 4 nitrogen and oxygen atoms in total. The van der Waals surface area contributed by atoms with Crippen molar-refractivity contribution >= 4 is 32.8 Å². The van der Waals surface area contributed by atoms with Crippen LogP contribution in [0.25, 0.3) is 99.9 Å². The molecule has 0 amide bonds. The molecule has 7 aromatic carbocycles. The first kappa shape index (κ1) is 31.9. The second kappa shape index (κ2) is 13.1. The van der Waals surface area contributed by atoms with E-state index in [-0.39, 0.29) is 0 Å². The van der Waals surface area contributed by atoms with E-state index in [2.05, 4.69) is 167 Å². The number of hydrogen-bond acceptors (Lipinski definition) is 2. The Balaban J connectivity index is 1.07. The van der Waals surface area contributed by atoms with Gasteiger partial charge < -0.3 is 8.80 Å². The fraction of sp³-hybridized carbons (Fsp3) is 0. The van der Waals surface area contributed by atoms with Crippen molar-refractivity contribution in [1.82, 2.24) is 18.8 Å².